The fraction of sp³-hybridized carbons (Fsp3) is 0. The molecule has 0 radical (unpaired) electrons. The molecule has 0 unspecified atom stereocenters. The monoisotopic (exact) mass is 866 g/mol. The van der Waals surface area contributed by atoms with Crippen LogP contribution in [0.3, 0.4) is 0 Å². The van der Waals surface area contributed by atoms with Gasteiger partial charge in [0.25, 0.3) is 0 Å². The SMILES string of the molecule is c1ccc(-n2c3ccccc3c3cc(-c4ccc(-n5c6ccccc6c6nc7c(-n8c9ccccc9c9ccccc98)ccc(-n8c9ccccc9c9ccccc98)c7nc65)cc4)ccc32)cc1. The van der Waals surface area contributed by atoms with Crippen LogP contribution in [0, 0.1) is 0 Å². The molecule has 15 rings (SSSR count). The summed E-state index contributed by atoms with van der Waals surface area (Å²) in [5, 5.41) is 8.33. The standard InChI is InChI=1S/C62H38N6/c1-2-16-41(17-3-1)65-50-24-10-8-22-47(50)49-38-40(32-35-56(49)65)39-30-33-42(34-31-39)66-55-29-15-9-23-48(55)59-62(66)64-61-58(68-53-27-13-6-20-45(53)46-21-7-14-28-54(46)68)37-36-57(60(61)63-59)67-51-25-11-4-18-43(51)44-19-5-12-26-52(44)67/h1-38H. The van der Waals surface area contributed by atoms with E-state index in [1.54, 1.807) is 0 Å². The van der Waals surface area contributed by atoms with Gasteiger partial charge in [0.05, 0.1) is 50.0 Å². The van der Waals surface area contributed by atoms with Crippen LogP contribution in [0.1, 0.15) is 0 Å². The first-order valence-corrected chi connectivity index (χ1v) is 23.2. The summed E-state index contributed by atoms with van der Waals surface area (Å²) in [6, 6.07) is 82.9. The number of aromatic nitrogens is 6. The first-order valence-electron chi connectivity index (χ1n) is 23.2. The van der Waals surface area contributed by atoms with E-state index in [2.05, 4.69) is 249 Å². The quantitative estimate of drug-likeness (QED) is 0.173. The summed E-state index contributed by atoms with van der Waals surface area (Å²) in [6.07, 6.45) is 0. The van der Waals surface area contributed by atoms with Gasteiger partial charge in [0.2, 0.25) is 0 Å². The van der Waals surface area contributed by atoms with E-state index in [1.165, 1.54) is 48.9 Å². The zero-order valence-corrected chi connectivity index (χ0v) is 36.6. The fourth-order valence-corrected chi connectivity index (χ4v) is 11.2. The van der Waals surface area contributed by atoms with Crippen molar-refractivity contribution >= 4 is 98.5 Å². The molecule has 0 saturated heterocycles. The van der Waals surface area contributed by atoms with Gasteiger partial charge in [0, 0.05) is 49.1 Å². The molecule has 6 heteroatoms. The minimum absolute atomic E-state index is 0.808. The minimum Gasteiger partial charge on any atom is -0.309 e. The summed E-state index contributed by atoms with van der Waals surface area (Å²) >= 11 is 0. The molecule has 0 aliphatic rings. The molecule has 6 nitrogen and oxygen atoms in total. The Morgan fingerprint density at radius 3 is 1.15 bits per heavy atom. The maximum Gasteiger partial charge on any atom is 0.165 e. The number of benzene rings is 10. The largest absolute Gasteiger partial charge is 0.309 e. The van der Waals surface area contributed by atoms with Gasteiger partial charge in [-0.2, -0.15) is 0 Å². The van der Waals surface area contributed by atoms with Crippen LogP contribution in [-0.2, 0) is 0 Å². The lowest BCUT2D eigenvalue weighted by Crippen LogP contribution is -2.04. The molecule has 5 heterocycles. The minimum atomic E-state index is 0.808. The fourth-order valence-electron chi connectivity index (χ4n) is 11.2. The lowest BCUT2D eigenvalue weighted by atomic mass is 10.0. The molecule has 0 atom stereocenters. The van der Waals surface area contributed by atoms with E-state index >= 15 is 0 Å². The third-order valence-electron chi connectivity index (χ3n) is 14.2. The van der Waals surface area contributed by atoms with Gasteiger partial charge < -0.3 is 13.7 Å². The number of rotatable bonds is 5. The summed E-state index contributed by atoms with van der Waals surface area (Å²) in [7, 11) is 0. The van der Waals surface area contributed by atoms with Gasteiger partial charge in [0.1, 0.15) is 16.6 Å². The molecule has 316 valence electrons. The third kappa shape index (κ3) is 5.17. The van der Waals surface area contributed by atoms with Crippen molar-refractivity contribution in [2.45, 2.75) is 0 Å². The Kier molecular flexibility index (Phi) is 7.69. The van der Waals surface area contributed by atoms with Crippen LogP contribution in [0.5, 0.6) is 0 Å². The Bertz CT molecular complexity index is 4440. The van der Waals surface area contributed by atoms with E-state index in [0.717, 1.165) is 83.5 Å². The van der Waals surface area contributed by atoms with E-state index in [4.69, 9.17) is 9.97 Å². The second kappa shape index (κ2) is 14.1. The Labute approximate surface area is 389 Å². The summed E-state index contributed by atoms with van der Waals surface area (Å²) < 4.78 is 9.40. The highest BCUT2D eigenvalue weighted by Crippen LogP contribution is 2.41. The summed E-state index contributed by atoms with van der Waals surface area (Å²) in [4.78, 5) is 11.6. The number of para-hydroxylation sites is 7. The Balaban J connectivity index is 0.973. The van der Waals surface area contributed by atoms with Crippen molar-refractivity contribution in [1.29, 1.82) is 0 Å². The van der Waals surface area contributed by atoms with Crippen LogP contribution < -0.4 is 0 Å². The molecule has 0 saturated carbocycles. The van der Waals surface area contributed by atoms with Crippen LogP contribution >= 0.6 is 0 Å². The molecule has 68 heavy (non-hydrogen) atoms. The molecule has 0 bridgehead atoms. The van der Waals surface area contributed by atoms with Crippen LogP contribution in [0.15, 0.2) is 231 Å². The predicted octanol–water partition coefficient (Wildman–Crippen LogP) is 15.7. The van der Waals surface area contributed by atoms with Gasteiger partial charge in [0.15, 0.2) is 5.65 Å². The van der Waals surface area contributed by atoms with E-state index in [9.17, 15) is 0 Å². The summed E-state index contributed by atoms with van der Waals surface area (Å²) in [6.45, 7) is 0. The smallest absolute Gasteiger partial charge is 0.165 e. The maximum atomic E-state index is 5.83. The molecular formula is C62H38N6. The van der Waals surface area contributed by atoms with Gasteiger partial charge in [-0.25, -0.2) is 9.97 Å². The summed E-state index contributed by atoms with van der Waals surface area (Å²) in [5.41, 5.74) is 17.7. The van der Waals surface area contributed by atoms with E-state index < -0.39 is 0 Å². The molecule has 0 fully saturated rings. The van der Waals surface area contributed by atoms with Gasteiger partial charge in [-0.05, 0) is 96.1 Å². The normalized spacial score (nSPS) is 12.1. The van der Waals surface area contributed by atoms with Crippen molar-refractivity contribution in [1.82, 2.24) is 28.2 Å². The Morgan fingerprint density at radius 2 is 0.618 bits per heavy atom. The van der Waals surface area contributed by atoms with Crippen LogP contribution in [0.4, 0.5) is 0 Å². The molecule has 0 N–H and O–H groups in total. The van der Waals surface area contributed by atoms with E-state index in [0.29, 0.717) is 0 Å². The van der Waals surface area contributed by atoms with Crippen LogP contribution in [-0.4, -0.2) is 28.2 Å². The molecule has 0 spiro atoms. The lowest BCUT2D eigenvalue weighted by Gasteiger charge is -2.16. The summed E-state index contributed by atoms with van der Waals surface area (Å²) in [5.74, 6) is 0. The van der Waals surface area contributed by atoms with Crippen molar-refractivity contribution in [3.8, 4) is 33.9 Å². The number of hydrogen-bond donors (Lipinski definition) is 0. The maximum absolute atomic E-state index is 5.83. The molecular weight excluding hydrogens is 829 g/mol. The van der Waals surface area contributed by atoms with Crippen molar-refractivity contribution in [2.24, 2.45) is 0 Å². The second-order valence-corrected chi connectivity index (χ2v) is 17.8. The molecule has 5 aromatic heterocycles. The first-order chi connectivity index (χ1) is 33.8. The lowest BCUT2D eigenvalue weighted by molar-refractivity contribution is 1.12. The van der Waals surface area contributed by atoms with Crippen molar-refractivity contribution in [3.63, 3.8) is 0 Å². The third-order valence-corrected chi connectivity index (χ3v) is 14.2. The second-order valence-electron chi connectivity index (χ2n) is 17.8. The van der Waals surface area contributed by atoms with E-state index in [-0.39, 0.29) is 0 Å². The zero-order valence-electron chi connectivity index (χ0n) is 36.6. The predicted molar refractivity (Wildman–Crippen MR) is 282 cm³/mol. The van der Waals surface area contributed by atoms with Gasteiger partial charge in [-0.1, -0.05) is 146 Å². The van der Waals surface area contributed by atoms with Crippen molar-refractivity contribution in [3.05, 3.63) is 231 Å². The van der Waals surface area contributed by atoms with Crippen LogP contribution in [0.2, 0.25) is 0 Å². The average Bonchev–Trinajstić information content (AvgIpc) is 4.13. The highest BCUT2D eigenvalue weighted by atomic mass is 15.1. The Morgan fingerprint density at radius 1 is 0.235 bits per heavy atom. The topological polar surface area (TPSA) is 45.5 Å². The molecule has 0 aliphatic carbocycles. The van der Waals surface area contributed by atoms with Crippen molar-refractivity contribution in [2.75, 3.05) is 0 Å². The van der Waals surface area contributed by atoms with Gasteiger partial charge in [-0.15, -0.1) is 0 Å². The van der Waals surface area contributed by atoms with Gasteiger partial charge >= 0.3 is 0 Å². The number of fused-ring (bicyclic) bond motifs is 13. The molecule has 0 amide bonds. The zero-order chi connectivity index (χ0) is 44.5. The Hall–Kier alpha value is -9.26. The first kappa shape index (κ1) is 37.0. The van der Waals surface area contributed by atoms with Gasteiger partial charge in [-0.3, -0.25) is 4.57 Å². The number of nitrogens with zero attached hydrogens (tertiary/aromatic N) is 6. The van der Waals surface area contributed by atoms with E-state index in [1.807, 2.05) is 0 Å². The molecule has 10 aromatic carbocycles. The molecule has 15 aromatic rings. The highest BCUT2D eigenvalue weighted by molar-refractivity contribution is 6.15. The number of hydrogen-bond acceptors (Lipinski definition) is 2. The van der Waals surface area contributed by atoms with Crippen molar-refractivity contribution < 1.29 is 0 Å². The highest BCUT2D eigenvalue weighted by Gasteiger charge is 2.24. The molecule has 0 aliphatic heterocycles. The average molecular weight is 867 g/mol. The van der Waals surface area contributed by atoms with Crippen LogP contribution in [0.25, 0.3) is 132 Å².